The molecule has 0 bridgehead atoms. The molecule has 0 aliphatic heterocycles. The maximum Gasteiger partial charge on any atom is 0.274 e. The van der Waals surface area contributed by atoms with Gasteiger partial charge >= 0.3 is 0 Å². The van der Waals surface area contributed by atoms with E-state index in [1.165, 1.54) is 6.07 Å². The van der Waals surface area contributed by atoms with Crippen LogP contribution >= 0.6 is 15.9 Å². The van der Waals surface area contributed by atoms with Crippen LogP contribution in [-0.4, -0.2) is 10.0 Å². The van der Waals surface area contributed by atoms with E-state index in [1.54, 1.807) is 37.3 Å². The second-order valence-electron chi connectivity index (χ2n) is 4.40. The highest BCUT2D eigenvalue weighted by Crippen LogP contribution is 2.31. The summed E-state index contributed by atoms with van der Waals surface area (Å²) in [5.74, 6) is 0.209. The zero-order valence-electron chi connectivity index (χ0n) is 10.8. The fourth-order valence-electron chi connectivity index (χ4n) is 1.80. The number of aryl methyl sites for hydroxylation is 1. The summed E-state index contributed by atoms with van der Waals surface area (Å²) in [4.78, 5) is 10.5. The number of benzene rings is 2. The normalized spacial score (nSPS) is 10.3. The molecule has 5 nitrogen and oxygen atoms in total. The van der Waals surface area contributed by atoms with Gasteiger partial charge in [-0.15, -0.1) is 0 Å². The molecule has 0 heterocycles. The van der Waals surface area contributed by atoms with Gasteiger partial charge in [-0.25, -0.2) is 0 Å². The maximum atomic E-state index is 10.9. The summed E-state index contributed by atoms with van der Waals surface area (Å²) in [6.45, 7) is 2.21. The van der Waals surface area contributed by atoms with Crippen molar-refractivity contribution < 1.29 is 10.0 Å². The van der Waals surface area contributed by atoms with Gasteiger partial charge in [0.25, 0.3) is 5.69 Å². The van der Waals surface area contributed by atoms with Crippen molar-refractivity contribution in [2.45, 2.75) is 13.5 Å². The first kappa shape index (κ1) is 14.3. The van der Waals surface area contributed by atoms with Crippen LogP contribution in [0.3, 0.4) is 0 Å². The Balaban J connectivity index is 2.18. The van der Waals surface area contributed by atoms with Gasteiger partial charge in [-0.1, -0.05) is 12.1 Å². The number of anilines is 1. The highest BCUT2D eigenvalue weighted by Gasteiger charge is 2.14. The predicted octanol–water partition coefficient (Wildman–Crippen LogP) is 3.98. The number of aromatic hydroxyl groups is 1. The van der Waals surface area contributed by atoms with Crippen LogP contribution in [0.1, 0.15) is 11.1 Å². The minimum absolute atomic E-state index is 0.0846. The number of nitro benzene ring substituents is 1. The first-order chi connectivity index (χ1) is 9.47. The van der Waals surface area contributed by atoms with Crippen molar-refractivity contribution in [3.05, 3.63) is 62.1 Å². The van der Waals surface area contributed by atoms with Crippen molar-refractivity contribution in [2.75, 3.05) is 5.32 Å². The van der Waals surface area contributed by atoms with Gasteiger partial charge in [0.2, 0.25) is 0 Å². The summed E-state index contributed by atoms with van der Waals surface area (Å²) in [5.41, 5.74) is 2.33. The number of hydrogen-bond donors (Lipinski definition) is 2. The molecule has 0 amide bonds. The third-order valence-electron chi connectivity index (χ3n) is 2.90. The fourth-order valence-corrected chi connectivity index (χ4v) is 2.40. The van der Waals surface area contributed by atoms with Gasteiger partial charge < -0.3 is 10.4 Å². The zero-order valence-corrected chi connectivity index (χ0v) is 12.3. The van der Waals surface area contributed by atoms with E-state index in [2.05, 4.69) is 21.2 Å². The molecule has 6 heteroatoms. The lowest BCUT2D eigenvalue weighted by Crippen LogP contribution is -2.01. The van der Waals surface area contributed by atoms with E-state index in [0.29, 0.717) is 17.8 Å². The highest BCUT2D eigenvalue weighted by molar-refractivity contribution is 9.10. The Kier molecular flexibility index (Phi) is 4.24. The van der Waals surface area contributed by atoms with Crippen molar-refractivity contribution >= 4 is 27.3 Å². The molecule has 2 rings (SSSR count). The Morgan fingerprint density at radius 2 is 1.95 bits per heavy atom. The van der Waals surface area contributed by atoms with Crippen molar-refractivity contribution in [1.82, 2.24) is 0 Å². The number of hydrogen-bond acceptors (Lipinski definition) is 4. The van der Waals surface area contributed by atoms with E-state index in [9.17, 15) is 15.2 Å². The summed E-state index contributed by atoms with van der Waals surface area (Å²) in [6.07, 6.45) is 0. The van der Waals surface area contributed by atoms with E-state index in [1.807, 2.05) is 0 Å². The Hall–Kier alpha value is -2.08. The summed E-state index contributed by atoms with van der Waals surface area (Å²) in [7, 11) is 0. The van der Waals surface area contributed by atoms with Gasteiger partial charge in [0, 0.05) is 22.6 Å². The minimum atomic E-state index is -0.395. The van der Waals surface area contributed by atoms with Crippen LogP contribution in [0, 0.1) is 17.0 Å². The van der Waals surface area contributed by atoms with Gasteiger partial charge in [0.1, 0.15) is 5.75 Å². The molecule has 0 spiro atoms. The first-order valence-corrected chi connectivity index (χ1v) is 6.73. The van der Waals surface area contributed by atoms with Crippen LogP contribution in [0.5, 0.6) is 5.75 Å². The smallest absolute Gasteiger partial charge is 0.274 e. The monoisotopic (exact) mass is 336 g/mol. The number of rotatable bonds is 4. The standard InChI is InChI=1S/C14H13BrN2O3/c1-9-6-12(15)13(7-14(9)17(19)20)16-8-10-2-4-11(18)5-3-10/h2-7,16,18H,8H2,1H3. The molecule has 0 saturated carbocycles. The fraction of sp³-hybridized carbons (Fsp3) is 0.143. The second-order valence-corrected chi connectivity index (χ2v) is 5.25. The van der Waals surface area contributed by atoms with Crippen LogP contribution < -0.4 is 5.32 Å². The maximum absolute atomic E-state index is 10.9. The van der Waals surface area contributed by atoms with Crippen molar-refractivity contribution in [3.63, 3.8) is 0 Å². The summed E-state index contributed by atoms with van der Waals surface area (Å²) >= 11 is 3.39. The molecule has 2 aromatic carbocycles. The molecule has 0 atom stereocenters. The van der Waals surface area contributed by atoms with Gasteiger partial charge in [-0.05, 0) is 46.6 Å². The topological polar surface area (TPSA) is 75.4 Å². The van der Waals surface area contributed by atoms with Gasteiger partial charge in [0.15, 0.2) is 0 Å². The Labute approximate surface area is 124 Å². The predicted molar refractivity (Wildman–Crippen MR) is 81.0 cm³/mol. The lowest BCUT2D eigenvalue weighted by atomic mass is 10.1. The lowest BCUT2D eigenvalue weighted by molar-refractivity contribution is -0.385. The first-order valence-electron chi connectivity index (χ1n) is 5.93. The van der Waals surface area contributed by atoms with Crippen LogP contribution in [0.4, 0.5) is 11.4 Å². The SMILES string of the molecule is Cc1cc(Br)c(NCc2ccc(O)cc2)cc1[N+](=O)[O-]. The van der Waals surface area contributed by atoms with Crippen LogP contribution in [0.2, 0.25) is 0 Å². The molecular weight excluding hydrogens is 324 g/mol. The van der Waals surface area contributed by atoms with Crippen LogP contribution in [0.25, 0.3) is 0 Å². The molecule has 0 fully saturated rings. The van der Waals surface area contributed by atoms with E-state index in [4.69, 9.17) is 0 Å². The Morgan fingerprint density at radius 3 is 2.55 bits per heavy atom. The molecule has 2 N–H and O–H groups in total. The average Bonchev–Trinajstić information content (AvgIpc) is 2.39. The lowest BCUT2D eigenvalue weighted by Gasteiger charge is -2.10. The zero-order chi connectivity index (χ0) is 14.7. The minimum Gasteiger partial charge on any atom is -0.508 e. The number of nitro groups is 1. The summed E-state index contributed by atoms with van der Waals surface area (Å²) in [5, 5.41) is 23.3. The summed E-state index contributed by atoms with van der Waals surface area (Å²) < 4.78 is 0.777. The molecule has 0 radical (unpaired) electrons. The van der Waals surface area contributed by atoms with Gasteiger partial charge in [0.05, 0.1) is 10.6 Å². The average molecular weight is 337 g/mol. The molecule has 0 unspecified atom stereocenters. The van der Waals surface area contributed by atoms with E-state index < -0.39 is 4.92 Å². The van der Waals surface area contributed by atoms with E-state index >= 15 is 0 Å². The molecule has 0 aromatic heterocycles. The largest absolute Gasteiger partial charge is 0.508 e. The number of halogens is 1. The van der Waals surface area contributed by atoms with Crippen molar-refractivity contribution in [2.24, 2.45) is 0 Å². The van der Waals surface area contributed by atoms with Crippen molar-refractivity contribution in [1.29, 1.82) is 0 Å². The molecular formula is C14H13BrN2O3. The van der Waals surface area contributed by atoms with Gasteiger partial charge in [-0.3, -0.25) is 10.1 Å². The number of phenols is 1. The molecule has 2 aromatic rings. The van der Waals surface area contributed by atoms with E-state index in [-0.39, 0.29) is 11.4 Å². The number of phenolic OH excluding ortho intramolecular Hbond substituents is 1. The van der Waals surface area contributed by atoms with Gasteiger partial charge in [-0.2, -0.15) is 0 Å². The van der Waals surface area contributed by atoms with Crippen molar-refractivity contribution in [3.8, 4) is 5.75 Å². The molecule has 0 aliphatic rings. The second kappa shape index (κ2) is 5.92. The van der Waals surface area contributed by atoms with Crippen LogP contribution in [-0.2, 0) is 6.54 Å². The quantitative estimate of drug-likeness (QED) is 0.654. The third-order valence-corrected chi connectivity index (χ3v) is 3.56. The Bertz CT molecular complexity index is 642. The summed E-state index contributed by atoms with van der Waals surface area (Å²) in [6, 6.07) is 10.0. The van der Waals surface area contributed by atoms with Crippen LogP contribution in [0.15, 0.2) is 40.9 Å². The van der Waals surface area contributed by atoms with E-state index in [0.717, 1.165) is 10.0 Å². The molecule has 20 heavy (non-hydrogen) atoms. The Morgan fingerprint density at radius 1 is 1.30 bits per heavy atom. The molecule has 104 valence electrons. The highest BCUT2D eigenvalue weighted by atomic mass is 79.9. The molecule has 0 aliphatic carbocycles. The third kappa shape index (κ3) is 3.27. The molecule has 0 saturated heterocycles. The number of nitrogens with one attached hydrogen (secondary N) is 1. The number of nitrogens with zero attached hydrogens (tertiary/aromatic N) is 1.